The molecule has 3 heterocycles. The van der Waals surface area contributed by atoms with Crippen LogP contribution in [0.4, 0.5) is 10.2 Å². The maximum Gasteiger partial charge on any atom is 0.253 e. The first-order valence-corrected chi connectivity index (χ1v) is 12.5. The van der Waals surface area contributed by atoms with Crippen molar-refractivity contribution in [2.24, 2.45) is 0 Å². The van der Waals surface area contributed by atoms with E-state index in [-0.39, 0.29) is 39.2 Å². The van der Waals surface area contributed by atoms with Crippen LogP contribution in [0.1, 0.15) is 41.8 Å². The molecule has 0 saturated carbocycles. The van der Waals surface area contributed by atoms with Crippen molar-refractivity contribution in [1.82, 2.24) is 9.88 Å². The van der Waals surface area contributed by atoms with Crippen LogP contribution in [0.15, 0.2) is 53.3 Å². The number of aliphatic hydroxyl groups excluding tert-OH is 1. The minimum absolute atomic E-state index is 0.0655. The fraction of sp³-hybridized carbons (Fsp3) is 0.259. The molecule has 2 aromatic heterocycles. The van der Waals surface area contributed by atoms with Crippen molar-refractivity contribution in [1.29, 1.82) is 0 Å². The monoisotopic (exact) mass is 543 g/mol. The number of halogens is 3. The maximum atomic E-state index is 14.0. The van der Waals surface area contributed by atoms with Gasteiger partial charge >= 0.3 is 0 Å². The summed E-state index contributed by atoms with van der Waals surface area (Å²) in [6.07, 6.45) is 3.22. The average molecular weight is 544 g/mol. The van der Waals surface area contributed by atoms with E-state index in [4.69, 9.17) is 38.1 Å². The van der Waals surface area contributed by atoms with Crippen LogP contribution < -0.4 is 10.5 Å². The molecule has 0 radical (unpaired) electrons. The molecule has 5 rings (SSSR count). The van der Waals surface area contributed by atoms with Gasteiger partial charge in [-0.2, -0.15) is 0 Å². The van der Waals surface area contributed by atoms with Crippen LogP contribution in [0.5, 0.6) is 5.75 Å². The number of hydrogen-bond acceptors (Lipinski definition) is 6. The number of amides is 1. The van der Waals surface area contributed by atoms with Crippen molar-refractivity contribution in [2.75, 3.05) is 18.8 Å². The minimum atomic E-state index is -0.750. The lowest BCUT2D eigenvalue weighted by molar-refractivity contribution is 0.0546. The molecule has 1 amide bonds. The van der Waals surface area contributed by atoms with Crippen molar-refractivity contribution in [3.63, 3.8) is 0 Å². The van der Waals surface area contributed by atoms with Gasteiger partial charge in [-0.15, -0.1) is 0 Å². The first-order chi connectivity index (χ1) is 17.7. The van der Waals surface area contributed by atoms with Gasteiger partial charge in [-0.25, -0.2) is 9.37 Å². The van der Waals surface area contributed by atoms with E-state index in [1.165, 1.54) is 12.1 Å². The number of aliphatic hydroxyl groups is 1. The van der Waals surface area contributed by atoms with Crippen molar-refractivity contribution in [2.45, 2.75) is 32.0 Å². The summed E-state index contributed by atoms with van der Waals surface area (Å²) < 4.78 is 25.9. The van der Waals surface area contributed by atoms with Gasteiger partial charge in [0.15, 0.2) is 11.4 Å². The largest absolute Gasteiger partial charge is 0.478 e. The molecule has 1 saturated heterocycles. The second-order valence-electron chi connectivity index (χ2n) is 8.98. The highest BCUT2D eigenvalue weighted by Crippen LogP contribution is 2.41. The van der Waals surface area contributed by atoms with Gasteiger partial charge in [-0.05, 0) is 49.6 Å². The Balaban J connectivity index is 1.43. The molecule has 1 aliphatic heterocycles. The van der Waals surface area contributed by atoms with Gasteiger partial charge in [0.1, 0.15) is 11.9 Å². The second kappa shape index (κ2) is 10.2. The molecule has 3 N–H and O–H groups in total. The van der Waals surface area contributed by atoms with Crippen LogP contribution in [0.2, 0.25) is 10.0 Å². The molecule has 1 aliphatic rings. The first-order valence-electron chi connectivity index (χ1n) is 11.8. The fourth-order valence-corrected chi connectivity index (χ4v) is 5.19. The summed E-state index contributed by atoms with van der Waals surface area (Å²) in [6.45, 7) is 2.75. The number of rotatable bonds is 5. The lowest BCUT2D eigenvalue weighted by Gasteiger charge is -2.29. The van der Waals surface area contributed by atoms with Crippen molar-refractivity contribution in [3.8, 4) is 16.9 Å². The summed E-state index contributed by atoms with van der Waals surface area (Å²) >= 11 is 12.4. The van der Waals surface area contributed by atoms with E-state index in [0.717, 1.165) is 11.1 Å². The first kappa shape index (κ1) is 25.3. The Hall–Kier alpha value is -3.33. The number of piperidine rings is 1. The second-order valence-corrected chi connectivity index (χ2v) is 9.77. The van der Waals surface area contributed by atoms with E-state index >= 15 is 0 Å². The Morgan fingerprint density at radius 2 is 1.92 bits per heavy atom. The van der Waals surface area contributed by atoms with E-state index in [1.807, 2.05) is 12.1 Å². The Bertz CT molecular complexity index is 1470. The number of carbonyl (C=O) groups is 1. The molecule has 192 valence electrons. The molecule has 4 aromatic rings. The molecular formula is C27H24Cl2FN3O4. The smallest absolute Gasteiger partial charge is 0.253 e. The average Bonchev–Trinajstić information content (AvgIpc) is 3.33. The summed E-state index contributed by atoms with van der Waals surface area (Å²) in [6, 6.07) is 9.80. The molecule has 37 heavy (non-hydrogen) atoms. The number of carbonyl (C=O) groups excluding carboxylic acids is 1. The Kier molecular flexibility index (Phi) is 6.98. The number of ether oxygens (including phenoxy) is 1. The highest BCUT2D eigenvalue weighted by Gasteiger charge is 2.24. The zero-order valence-electron chi connectivity index (χ0n) is 19.9. The van der Waals surface area contributed by atoms with Gasteiger partial charge in [0.25, 0.3) is 5.91 Å². The van der Waals surface area contributed by atoms with E-state index in [2.05, 4.69) is 4.98 Å². The zero-order valence-corrected chi connectivity index (χ0v) is 21.4. The lowest BCUT2D eigenvalue weighted by Crippen LogP contribution is -2.40. The number of nitrogen functional groups attached to an aromatic ring is 1. The Morgan fingerprint density at radius 1 is 1.22 bits per heavy atom. The van der Waals surface area contributed by atoms with Gasteiger partial charge < -0.3 is 24.9 Å². The molecule has 10 heteroatoms. The number of benzene rings is 2. The number of furan rings is 1. The zero-order chi connectivity index (χ0) is 26.3. The Labute approximate surface area is 222 Å². The van der Waals surface area contributed by atoms with E-state index in [9.17, 15) is 14.3 Å². The van der Waals surface area contributed by atoms with Crippen LogP contribution in [-0.2, 0) is 0 Å². The molecule has 0 aliphatic carbocycles. The van der Waals surface area contributed by atoms with Crippen LogP contribution in [0.25, 0.3) is 22.1 Å². The van der Waals surface area contributed by atoms with E-state index in [1.54, 1.807) is 36.4 Å². The molecule has 0 unspecified atom stereocenters. The SMILES string of the molecule is C[C@@H](Oc1c(N)ncc2c(-c3ccc(C(=O)N4CCC(O)CC4)cc3)coc12)c1c(Cl)ccc(F)c1Cl. The van der Waals surface area contributed by atoms with Crippen molar-refractivity contribution >= 4 is 45.9 Å². The topological polar surface area (TPSA) is 102 Å². The van der Waals surface area contributed by atoms with Crippen LogP contribution in [0.3, 0.4) is 0 Å². The van der Waals surface area contributed by atoms with Gasteiger partial charge in [-0.1, -0.05) is 35.3 Å². The van der Waals surface area contributed by atoms with Crippen LogP contribution in [-0.4, -0.2) is 40.1 Å². The van der Waals surface area contributed by atoms with E-state index in [0.29, 0.717) is 42.5 Å². The summed E-state index contributed by atoms with van der Waals surface area (Å²) in [4.78, 5) is 18.8. The number of nitrogens with zero attached hydrogens (tertiary/aromatic N) is 2. The number of hydrogen-bond donors (Lipinski definition) is 2. The number of nitrogens with two attached hydrogens (primary N) is 1. The number of aromatic nitrogens is 1. The van der Waals surface area contributed by atoms with Crippen molar-refractivity contribution in [3.05, 3.63) is 75.8 Å². The predicted molar refractivity (Wildman–Crippen MR) is 140 cm³/mol. The number of fused-ring (bicyclic) bond motifs is 1. The van der Waals surface area contributed by atoms with Gasteiger partial charge in [0.2, 0.25) is 5.75 Å². The summed E-state index contributed by atoms with van der Waals surface area (Å²) in [5.74, 6) is -0.395. The van der Waals surface area contributed by atoms with E-state index < -0.39 is 11.9 Å². The molecule has 2 aromatic carbocycles. The predicted octanol–water partition coefficient (Wildman–Crippen LogP) is 6.26. The normalized spacial score (nSPS) is 15.2. The summed E-state index contributed by atoms with van der Waals surface area (Å²) in [5.41, 5.74) is 8.87. The number of anilines is 1. The lowest BCUT2D eigenvalue weighted by atomic mass is 10.0. The van der Waals surface area contributed by atoms with Crippen molar-refractivity contribution < 1.29 is 23.4 Å². The third kappa shape index (κ3) is 4.84. The third-order valence-corrected chi connectivity index (χ3v) is 7.29. The van der Waals surface area contributed by atoms with Gasteiger partial charge in [-0.3, -0.25) is 4.79 Å². The number of likely N-dealkylation sites (tertiary alicyclic amines) is 1. The Morgan fingerprint density at radius 3 is 2.62 bits per heavy atom. The molecule has 7 nitrogen and oxygen atoms in total. The van der Waals surface area contributed by atoms with Gasteiger partial charge in [0.05, 0.1) is 22.8 Å². The molecule has 1 atom stereocenters. The highest BCUT2D eigenvalue weighted by atomic mass is 35.5. The number of pyridine rings is 1. The fourth-order valence-electron chi connectivity index (χ4n) is 4.51. The maximum absolute atomic E-state index is 14.0. The molecule has 0 spiro atoms. The van der Waals surface area contributed by atoms with Crippen LogP contribution in [0, 0.1) is 5.82 Å². The third-order valence-electron chi connectivity index (χ3n) is 6.58. The molecular weight excluding hydrogens is 520 g/mol. The minimum Gasteiger partial charge on any atom is -0.478 e. The quantitative estimate of drug-likeness (QED) is 0.288. The van der Waals surface area contributed by atoms with Gasteiger partial charge in [0, 0.05) is 41.0 Å². The molecule has 1 fully saturated rings. The highest BCUT2D eigenvalue weighted by molar-refractivity contribution is 6.36. The summed E-state index contributed by atoms with van der Waals surface area (Å²) in [7, 11) is 0. The standard InChI is InChI=1S/C27H24Cl2FN3O4/c1-14(22-20(28)6-7-21(30)23(22)29)37-25-24-18(12-32-26(25)31)19(13-36-24)15-2-4-16(5-3-15)27(35)33-10-8-17(34)9-11-33/h2-7,12-14,17,34H,8-11H2,1H3,(H2,31,32)/t14-/m1/s1. The van der Waals surface area contributed by atoms with Crippen LogP contribution >= 0.6 is 23.2 Å². The molecule has 0 bridgehead atoms. The summed E-state index contributed by atoms with van der Waals surface area (Å²) in [5, 5.41) is 10.5.